The zero-order valence-electron chi connectivity index (χ0n) is 13.6. The highest BCUT2D eigenvalue weighted by atomic mass is 16.7. The number of rotatable bonds is 4. The molecule has 0 radical (unpaired) electrons. The smallest absolute Gasteiger partial charge is 0.491 e. The molecule has 21 heavy (non-hydrogen) atoms. The van der Waals surface area contributed by atoms with Gasteiger partial charge in [-0.15, -0.1) is 0 Å². The van der Waals surface area contributed by atoms with E-state index in [1.807, 2.05) is 47.6 Å². The number of carbonyl (C=O) groups is 1. The van der Waals surface area contributed by atoms with Crippen LogP contribution in [0, 0.1) is 0 Å². The second-order valence-electron chi connectivity index (χ2n) is 6.71. The first-order valence-electron chi connectivity index (χ1n) is 7.27. The number of carbonyl (C=O) groups excluding carboxylic acids is 1. The van der Waals surface area contributed by atoms with Crippen LogP contribution in [0.4, 0.5) is 0 Å². The molecule has 0 aromatic heterocycles. The van der Waals surface area contributed by atoms with Gasteiger partial charge in [0, 0.05) is 5.56 Å². The van der Waals surface area contributed by atoms with Crippen molar-refractivity contribution in [3.05, 3.63) is 23.8 Å². The number of benzene rings is 1. The van der Waals surface area contributed by atoms with Gasteiger partial charge in [0.15, 0.2) is 0 Å². The maximum Gasteiger partial charge on any atom is 0.494 e. The molecule has 2 rings (SSSR count). The summed E-state index contributed by atoms with van der Waals surface area (Å²) in [6.07, 6.45) is 0.847. The molecule has 4 nitrogen and oxygen atoms in total. The van der Waals surface area contributed by atoms with Gasteiger partial charge in [-0.25, -0.2) is 0 Å². The van der Waals surface area contributed by atoms with Crippen molar-refractivity contribution >= 4 is 18.9 Å². The van der Waals surface area contributed by atoms with E-state index in [0.717, 1.165) is 11.7 Å². The van der Waals surface area contributed by atoms with Gasteiger partial charge in [0.2, 0.25) is 0 Å². The molecule has 0 unspecified atom stereocenters. The van der Waals surface area contributed by atoms with Crippen molar-refractivity contribution in [2.75, 3.05) is 0 Å². The molecule has 5 heteroatoms. The van der Waals surface area contributed by atoms with E-state index in [1.165, 1.54) is 0 Å². The third-order valence-electron chi connectivity index (χ3n) is 3.98. The highest BCUT2D eigenvalue weighted by Crippen LogP contribution is 2.36. The van der Waals surface area contributed by atoms with E-state index < -0.39 is 18.3 Å². The van der Waals surface area contributed by atoms with Gasteiger partial charge in [-0.2, -0.15) is 0 Å². The van der Waals surface area contributed by atoms with Crippen molar-refractivity contribution in [1.82, 2.24) is 0 Å². The lowest BCUT2D eigenvalue weighted by Crippen LogP contribution is -2.41. The Morgan fingerprint density at radius 1 is 1.10 bits per heavy atom. The van der Waals surface area contributed by atoms with Gasteiger partial charge in [0.05, 0.1) is 17.3 Å². The summed E-state index contributed by atoms with van der Waals surface area (Å²) in [7, 11) is -0.496. The Hall–Kier alpha value is -1.33. The minimum atomic E-state index is -0.496. The monoisotopic (exact) mass is 290 g/mol. The normalized spacial score (nSPS) is 19.9. The standard InChI is InChI=1S/C16H23BO4/c1-11(2)19-14-8-12(10-18)7-13(9-14)17-20-15(3,4)16(5,6)21-17/h7-11H,1-6H3. The minimum Gasteiger partial charge on any atom is -0.491 e. The van der Waals surface area contributed by atoms with Gasteiger partial charge in [-0.3, -0.25) is 4.79 Å². The summed E-state index contributed by atoms with van der Waals surface area (Å²) in [5.74, 6) is 0.652. The molecular formula is C16H23BO4. The molecule has 0 spiro atoms. The van der Waals surface area contributed by atoms with Crippen molar-refractivity contribution in [3.63, 3.8) is 0 Å². The molecule has 0 saturated carbocycles. The van der Waals surface area contributed by atoms with Crippen molar-refractivity contribution in [3.8, 4) is 5.75 Å². The largest absolute Gasteiger partial charge is 0.494 e. The molecular weight excluding hydrogens is 267 g/mol. The first-order chi connectivity index (χ1) is 9.64. The Balaban J connectivity index is 2.34. The zero-order valence-corrected chi connectivity index (χ0v) is 13.6. The first kappa shape index (κ1) is 16.1. The van der Waals surface area contributed by atoms with Crippen molar-refractivity contribution < 1.29 is 18.8 Å². The van der Waals surface area contributed by atoms with E-state index in [4.69, 9.17) is 14.0 Å². The fourth-order valence-corrected chi connectivity index (χ4v) is 2.17. The van der Waals surface area contributed by atoms with E-state index in [1.54, 1.807) is 12.1 Å². The molecule has 1 fully saturated rings. The second kappa shape index (κ2) is 5.46. The molecule has 0 aliphatic carbocycles. The van der Waals surface area contributed by atoms with Crippen LogP contribution in [0.1, 0.15) is 51.9 Å². The first-order valence-corrected chi connectivity index (χ1v) is 7.27. The third kappa shape index (κ3) is 3.30. The molecule has 0 N–H and O–H groups in total. The number of hydrogen-bond acceptors (Lipinski definition) is 4. The minimum absolute atomic E-state index is 0.0399. The number of hydrogen-bond donors (Lipinski definition) is 0. The third-order valence-corrected chi connectivity index (χ3v) is 3.98. The van der Waals surface area contributed by atoms with Crippen molar-refractivity contribution in [2.24, 2.45) is 0 Å². The topological polar surface area (TPSA) is 44.8 Å². The highest BCUT2D eigenvalue weighted by molar-refractivity contribution is 6.62. The van der Waals surface area contributed by atoms with Crippen LogP contribution in [0.3, 0.4) is 0 Å². The molecule has 0 amide bonds. The fourth-order valence-electron chi connectivity index (χ4n) is 2.17. The predicted octanol–water partition coefficient (Wildman–Crippen LogP) is 2.59. The van der Waals surface area contributed by atoms with E-state index in [0.29, 0.717) is 11.3 Å². The molecule has 1 aliphatic rings. The summed E-state index contributed by atoms with van der Waals surface area (Å²) >= 11 is 0. The lowest BCUT2D eigenvalue weighted by Gasteiger charge is -2.32. The fraction of sp³-hybridized carbons (Fsp3) is 0.562. The molecule has 0 atom stereocenters. The summed E-state index contributed by atoms with van der Waals surface area (Å²) in [5, 5.41) is 0. The second-order valence-corrected chi connectivity index (χ2v) is 6.71. The highest BCUT2D eigenvalue weighted by Gasteiger charge is 2.51. The Bertz CT molecular complexity index is 521. The lowest BCUT2D eigenvalue weighted by molar-refractivity contribution is 0.00578. The van der Waals surface area contributed by atoms with Crippen LogP contribution in [0.15, 0.2) is 18.2 Å². The van der Waals surface area contributed by atoms with Crippen LogP contribution >= 0.6 is 0 Å². The van der Waals surface area contributed by atoms with Gasteiger partial charge in [-0.1, -0.05) is 6.07 Å². The molecule has 1 aromatic rings. The Morgan fingerprint density at radius 2 is 1.67 bits per heavy atom. The van der Waals surface area contributed by atoms with Crippen LogP contribution in [-0.2, 0) is 9.31 Å². The quantitative estimate of drug-likeness (QED) is 0.631. The van der Waals surface area contributed by atoms with Crippen molar-refractivity contribution in [1.29, 1.82) is 0 Å². The average molecular weight is 290 g/mol. The molecule has 1 aliphatic heterocycles. The van der Waals surface area contributed by atoms with Crippen LogP contribution in [0.25, 0.3) is 0 Å². The van der Waals surface area contributed by atoms with Crippen molar-refractivity contribution in [2.45, 2.75) is 58.8 Å². The molecule has 1 aromatic carbocycles. The van der Waals surface area contributed by atoms with Crippen LogP contribution in [0.5, 0.6) is 5.75 Å². The van der Waals surface area contributed by atoms with Gasteiger partial charge >= 0.3 is 7.12 Å². The van der Waals surface area contributed by atoms with E-state index in [-0.39, 0.29) is 6.10 Å². The average Bonchev–Trinajstić information content (AvgIpc) is 2.57. The van der Waals surface area contributed by atoms with Crippen LogP contribution < -0.4 is 10.2 Å². The van der Waals surface area contributed by atoms with Gasteiger partial charge in [0.1, 0.15) is 12.0 Å². The van der Waals surface area contributed by atoms with Crippen LogP contribution in [-0.4, -0.2) is 30.7 Å². The Labute approximate surface area is 126 Å². The van der Waals surface area contributed by atoms with Crippen LogP contribution in [0.2, 0.25) is 0 Å². The molecule has 1 saturated heterocycles. The van der Waals surface area contributed by atoms with E-state index in [9.17, 15) is 4.79 Å². The predicted molar refractivity (Wildman–Crippen MR) is 83.3 cm³/mol. The molecule has 1 heterocycles. The Morgan fingerprint density at radius 3 is 2.14 bits per heavy atom. The number of ether oxygens (including phenoxy) is 1. The zero-order chi connectivity index (χ0) is 15.8. The molecule has 114 valence electrons. The lowest BCUT2D eigenvalue weighted by atomic mass is 9.78. The maximum absolute atomic E-state index is 11.1. The maximum atomic E-state index is 11.1. The summed E-state index contributed by atoms with van der Waals surface area (Å²) in [4.78, 5) is 11.1. The van der Waals surface area contributed by atoms with E-state index in [2.05, 4.69) is 0 Å². The SMILES string of the molecule is CC(C)Oc1cc(C=O)cc(B2OC(C)(C)C(C)(C)O2)c1. The number of aldehydes is 1. The molecule has 0 bridgehead atoms. The Kier molecular flexibility index (Phi) is 4.18. The summed E-state index contributed by atoms with van der Waals surface area (Å²) in [6.45, 7) is 11.9. The van der Waals surface area contributed by atoms with E-state index >= 15 is 0 Å². The summed E-state index contributed by atoms with van der Waals surface area (Å²) < 4.78 is 17.7. The summed E-state index contributed by atoms with van der Waals surface area (Å²) in [5.41, 5.74) is 0.536. The van der Waals surface area contributed by atoms with Gasteiger partial charge in [-0.05, 0) is 59.1 Å². The summed E-state index contributed by atoms with van der Waals surface area (Å²) in [6, 6.07) is 5.37. The van der Waals surface area contributed by atoms with Gasteiger partial charge < -0.3 is 14.0 Å². The van der Waals surface area contributed by atoms with Gasteiger partial charge in [0.25, 0.3) is 0 Å².